The van der Waals surface area contributed by atoms with Gasteiger partial charge in [-0.2, -0.15) is 11.8 Å². The third kappa shape index (κ3) is 0.898. The van der Waals surface area contributed by atoms with E-state index in [0.29, 0.717) is 0 Å². The first-order valence-corrected chi connectivity index (χ1v) is 6.18. The quantitative estimate of drug-likeness (QED) is 0.536. The molecule has 0 nitrogen and oxygen atoms in total. The smallest absolute Gasteiger partial charge is 0.00333 e. The van der Waals surface area contributed by atoms with Crippen molar-refractivity contribution in [2.75, 3.05) is 11.5 Å². The molecule has 3 aliphatic carbocycles. The fourth-order valence-electron chi connectivity index (χ4n) is 3.56. The number of rotatable bonds is 0. The predicted octanol–water partition coefficient (Wildman–Crippen LogP) is 2.79. The lowest BCUT2D eigenvalue weighted by Gasteiger charge is -2.45. The molecule has 0 aromatic heterocycles. The van der Waals surface area contributed by atoms with E-state index in [0.717, 1.165) is 23.7 Å². The Morgan fingerprint density at radius 1 is 0.727 bits per heavy atom. The fraction of sp³-hybridized carbons (Fsp3) is 1.00. The van der Waals surface area contributed by atoms with Crippen LogP contribution in [0.2, 0.25) is 0 Å². The summed E-state index contributed by atoms with van der Waals surface area (Å²) in [7, 11) is 0. The molecule has 0 spiro atoms. The maximum Gasteiger partial charge on any atom is -0.00333 e. The summed E-state index contributed by atoms with van der Waals surface area (Å²) >= 11 is 2.23. The third-order valence-electron chi connectivity index (χ3n) is 4.20. The monoisotopic (exact) mass is 168 g/mol. The molecule has 4 fully saturated rings. The van der Waals surface area contributed by atoms with Gasteiger partial charge in [0.1, 0.15) is 0 Å². The summed E-state index contributed by atoms with van der Waals surface area (Å²) in [6.07, 6.45) is 6.30. The molecule has 1 aliphatic heterocycles. The molecule has 4 aliphatic rings. The highest BCUT2D eigenvalue weighted by Gasteiger charge is 2.45. The van der Waals surface area contributed by atoms with Crippen LogP contribution in [0.3, 0.4) is 0 Å². The topological polar surface area (TPSA) is 0 Å². The maximum absolute atomic E-state index is 2.23. The van der Waals surface area contributed by atoms with E-state index in [1.165, 1.54) is 11.5 Å². The lowest BCUT2D eigenvalue weighted by Crippen LogP contribution is -2.38. The molecule has 1 heterocycles. The SMILES string of the molecule is C1CC2CCC1[C@H]1CSC[C@@H]21. The fourth-order valence-corrected chi connectivity index (χ4v) is 5.28. The van der Waals surface area contributed by atoms with Crippen molar-refractivity contribution in [1.82, 2.24) is 0 Å². The van der Waals surface area contributed by atoms with Gasteiger partial charge in [0.25, 0.3) is 0 Å². The molecule has 62 valence electrons. The van der Waals surface area contributed by atoms with Gasteiger partial charge in [0.05, 0.1) is 0 Å². The van der Waals surface area contributed by atoms with Gasteiger partial charge in [-0.1, -0.05) is 0 Å². The van der Waals surface area contributed by atoms with Gasteiger partial charge < -0.3 is 0 Å². The molecule has 0 amide bonds. The Morgan fingerprint density at radius 3 is 1.64 bits per heavy atom. The molecular weight excluding hydrogens is 152 g/mol. The lowest BCUT2D eigenvalue weighted by atomic mass is 9.60. The highest BCUT2D eigenvalue weighted by atomic mass is 32.2. The number of hydrogen-bond donors (Lipinski definition) is 0. The van der Waals surface area contributed by atoms with E-state index in [2.05, 4.69) is 11.8 Å². The van der Waals surface area contributed by atoms with E-state index < -0.39 is 0 Å². The van der Waals surface area contributed by atoms with Crippen LogP contribution in [0, 0.1) is 23.7 Å². The minimum atomic E-state index is 1.15. The van der Waals surface area contributed by atoms with Crippen LogP contribution < -0.4 is 0 Å². The molecule has 1 saturated heterocycles. The van der Waals surface area contributed by atoms with Crippen molar-refractivity contribution in [3.8, 4) is 0 Å². The molecule has 4 rings (SSSR count). The largest absolute Gasteiger partial charge is 0.161 e. The molecule has 2 bridgehead atoms. The average molecular weight is 168 g/mol. The summed E-state index contributed by atoms with van der Waals surface area (Å²) in [4.78, 5) is 0. The summed E-state index contributed by atoms with van der Waals surface area (Å²) in [5.74, 6) is 7.64. The van der Waals surface area contributed by atoms with Crippen LogP contribution in [0.1, 0.15) is 25.7 Å². The Hall–Kier alpha value is 0.350. The van der Waals surface area contributed by atoms with E-state index in [1.807, 2.05) is 0 Å². The van der Waals surface area contributed by atoms with E-state index in [9.17, 15) is 0 Å². The second kappa shape index (κ2) is 2.42. The van der Waals surface area contributed by atoms with Gasteiger partial charge in [-0.05, 0) is 60.9 Å². The standard InChI is InChI=1S/C10H16S/c1-2-8-4-3-7(1)9-5-11-6-10(8)9/h7-10H,1-6H2/t7?,8?,9-,10+. The van der Waals surface area contributed by atoms with Gasteiger partial charge in [-0.3, -0.25) is 0 Å². The Labute approximate surface area is 73.1 Å². The van der Waals surface area contributed by atoms with E-state index in [-0.39, 0.29) is 0 Å². The second-order valence-electron chi connectivity index (χ2n) is 4.54. The van der Waals surface area contributed by atoms with Crippen LogP contribution >= 0.6 is 11.8 Å². The highest BCUT2D eigenvalue weighted by molar-refractivity contribution is 7.99. The zero-order valence-electron chi connectivity index (χ0n) is 6.96. The normalized spacial score (nSPS) is 54.5. The first-order valence-electron chi connectivity index (χ1n) is 5.03. The molecule has 1 heteroatoms. The van der Waals surface area contributed by atoms with E-state index in [1.54, 1.807) is 25.7 Å². The summed E-state index contributed by atoms with van der Waals surface area (Å²) in [6, 6.07) is 0. The second-order valence-corrected chi connectivity index (χ2v) is 5.61. The Kier molecular flexibility index (Phi) is 1.50. The van der Waals surface area contributed by atoms with Crippen LogP contribution in [0.25, 0.3) is 0 Å². The zero-order chi connectivity index (χ0) is 7.26. The van der Waals surface area contributed by atoms with Crippen molar-refractivity contribution in [2.24, 2.45) is 23.7 Å². The molecule has 0 aromatic rings. The van der Waals surface area contributed by atoms with Crippen LogP contribution in [-0.2, 0) is 0 Å². The van der Waals surface area contributed by atoms with Gasteiger partial charge in [-0.25, -0.2) is 0 Å². The van der Waals surface area contributed by atoms with Crippen molar-refractivity contribution in [2.45, 2.75) is 25.7 Å². The van der Waals surface area contributed by atoms with Crippen LogP contribution in [0.5, 0.6) is 0 Å². The molecule has 0 aromatic carbocycles. The Balaban J connectivity index is 1.89. The molecule has 2 atom stereocenters. The van der Waals surface area contributed by atoms with Crippen LogP contribution in [0.15, 0.2) is 0 Å². The summed E-state index contributed by atoms with van der Waals surface area (Å²) < 4.78 is 0. The van der Waals surface area contributed by atoms with Gasteiger partial charge >= 0.3 is 0 Å². The van der Waals surface area contributed by atoms with Crippen molar-refractivity contribution < 1.29 is 0 Å². The zero-order valence-corrected chi connectivity index (χ0v) is 7.78. The van der Waals surface area contributed by atoms with Gasteiger partial charge in [0.15, 0.2) is 0 Å². The summed E-state index contributed by atoms with van der Waals surface area (Å²) in [5, 5.41) is 0. The molecule has 0 unspecified atom stereocenters. The van der Waals surface area contributed by atoms with Crippen molar-refractivity contribution >= 4 is 11.8 Å². The summed E-state index contributed by atoms with van der Waals surface area (Å²) in [5.41, 5.74) is 0. The Bertz CT molecular complexity index is 140. The number of fused-ring (bicyclic) bond motifs is 2. The van der Waals surface area contributed by atoms with Crippen molar-refractivity contribution in [1.29, 1.82) is 0 Å². The third-order valence-corrected chi connectivity index (χ3v) is 5.44. The van der Waals surface area contributed by atoms with E-state index in [4.69, 9.17) is 0 Å². The van der Waals surface area contributed by atoms with Gasteiger partial charge in [0.2, 0.25) is 0 Å². The first kappa shape index (κ1) is 6.82. The number of thioether (sulfide) groups is 1. The minimum Gasteiger partial charge on any atom is -0.161 e. The minimum absolute atomic E-state index is 1.15. The Morgan fingerprint density at radius 2 is 1.18 bits per heavy atom. The van der Waals surface area contributed by atoms with Gasteiger partial charge in [0, 0.05) is 0 Å². The molecule has 0 N–H and O–H groups in total. The maximum atomic E-state index is 2.23. The highest BCUT2D eigenvalue weighted by Crippen LogP contribution is 2.53. The van der Waals surface area contributed by atoms with Crippen molar-refractivity contribution in [3.05, 3.63) is 0 Å². The van der Waals surface area contributed by atoms with Crippen molar-refractivity contribution in [3.63, 3.8) is 0 Å². The molecular formula is C10H16S. The molecule has 0 radical (unpaired) electrons. The predicted molar refractivity (Wildman–Crippen MR) is 49.8 cm³/mol. The first-order chi connectivity index (χ1) is 5.45. The number of hydrogen-bond acceptors (Lipinski definition) is 1. The van der Waals surface area contributed by atoms with Crippen LogP contribution in [0.4, 0.5) is 0 Å². The summed E-state index contributed by atoms with van der Waals surface area (Å²) in [6.45, 7) is 0. The van der Waals surface area contributed by atoms with Crippen LogP contribution in [-0.4, -0.2) is 11.5 Å². The average Bonchev–Trinajstić information content (AvgIpc) is 2.55. The molecule has 11 heavy (non-hydrogen) atoms. The van der Waals surface area contributed by atoms with Gasteiger partial charge in [-0.15, -0.1) is 0 Å². The van der Waals surface area contributed by atoms with E-state index >= 15 is 0 Å². The molecule has 3 saturated carbocycles. The lowest BCUT2D eigenvalue weighted by molar-refractivity contribution is 0.0577.